The summed E-state index contributed by atoms with van der Waals surface area (Å²) in [5, 5.41) is 3.01. The maximum Gasteiger partial charge on any atom is 0.226 e. The highest BCUT2D eigenvalue weighted by molar-refractivity contribution is 5.82. The third-order valence-electron chi connectivity index (χ3n) is 3.86. The summed E-state index contributed by atoms with van der Waals surface area (Å²) in [4.78, 5) is 16.2. The average molecular weight is 248 g/mol. The van der Waals surface area contributed by atoms with E-state index in [9.17, 15) is 4.79 Å². The van der Waals surface area contributed by atoms with Crippen molar-refractivity contribution < 1.29 is 4.79 Å². The Morgan fingerprint density at radius 3 is 2.44 bits per heavy atom. The van der Waals surface area contributed by atoms with Gasteiger partial charge in [-0.1, -0.05) is 40.7 Å². The van der Waals surface area contributed by atoms with Gasteiger partial charge in [-0.15, -0.1) is 0 Å². The first-order valence-electron chi connectivity index (χ1n) is 6.42. The predicted octanol–water partition coefficient (Wildman–Crippen LogP) is 2.81. The SMILES string of the molecule is CC(C)(C)C(C)(C)C(=O)NCCc1cccnc1. The van der Waals surface area contributed by atoms with E-state index in [-0.39, 0.29) is 16.7 Å². The zero-order chi connectivity index (χ0) is 13.8. The lowest BCUT2D eigenvalue weighted by Crippen LogP contribution is -2.45. The lowest BCUT2D eigenvalue weighted by atomic mass is 9.69. The van der Waals surface area contributed by atoms with Crippen molar-refractivity contribution >= 4 is 5.91 Å². The highest BCUT2D eigenvalue weighted by Crippen LogP contribution is 2.37. The third kappa shape index (κ3) is 3.56. The minimum atomic E-state index is -0.373. The molecule has 1 heterocycles. The molecule has 3 heteroatoms. The molecule has 0 bridgehead atoms. The molecule has 18 heavy (non-hydrogen) atoms. The standard InChI is InChI=1S/C15H24N2O/c1-14(2,3)15(4,5)13(18)17-10-8-12-7-6-9-16-11-12/h6-7,9,11H,8,10H2,1-5H3,(H,17,18). The van der Waals surface area contributed by atoms with Crippen LogP contribution in [0.2, 0.25) is 0 Å². The number of nitrogens with one attached hydrogen (secondary N) is 1. The number of hydrogen-bond acceptors (Lipinski definition) is 2. The molecule has 0 aliphatic heterocycles. The summed E-state index contributed by atoms with van der Waals surface area (Å²) >= 11 is 0. The maximum absolute atomic E-state index is 12.2. The quantitative estimate of drug-likeness (QED) is 0.890. The molecule has 1 aromatic heterocycles. The van der Waals surface area contributed by atoms with Crippen molar-refractivity contribution in [2.45, 2.75) is 41.0 Å². The Morgan fingerprint density at radius 2 is 1.94 bits per heavy atom. The molecular weight excluding hydrogens is 224 g/mol. The lowest BCUT2D eigenvalue weighted by molar-refractivity contribution is -0.134. The van der Waals surface area contributed by atoms with E-state index in [2.05, 4.69) is 31.1 Å². The van der Waals surface area contributed by atoms with Gasteiger partial charge in [0.1, 0.15) is 0 Å². The Morgan fingerprint density at radius 1 is 1.28 bits per heavy atom. The van der Waals surface area contributed by atoms with Crippen LogP contribution in [-0.2, 0) is 11.2 Å². The highest BCUT2D eigenvalue weighted by Gasteiger charge is 2.39. The van der Waals surface area contributed by atoms with Gasteiger partial charge in [0, 0.05) is 24.4 Å². The monoisotopic (exact) mass is 248 g/mol. The Labute approximate surface area is 110 Å². The van der Waals surface area contributed by atoms with Gasteiger partial charge < -0.3 is 5.32 Å². The molecule has 0 spiro atoms. The third-order valence-corrected chi connectivity index (χ3v) is 3.86. The second-order valence-corrected chi connectivity index (χ2v) is 6.24. The second kappa shape index (κ2) is 5.51. The Kier molecular flexibility index (Phi) is 4.49. The van der Waals surface area contributed by atoms with Gasteiger partial charge in [0.2, 0.25) is 5.91 Å². The summed E-state index contributed by atoms with van der Waals surface area (Å²) < 4.78 is 0. The molecule has 1 aromatic rings. The molecule has 0 saturated carbocycles. The van der Waals surface area contributed by atoms with Gasteiger partial charge in [0.05, 0.1) is 0 Å². The molecule has 0 aromatic carbocycles. The molecular formula is C15H24N2O. The smallest absolute Gasteiger partial charge is 0.226 e. The molecule has 1 N–H and O–H groups in total. The Hall–Kier alpha value is -1.38. The molecule has 0 aliphatic carbocycles. The zero-order valence-corrected chi connectivity index (χ0v) is 12.1. The van der Waals surface area contributed by atoms with E-state index in [0.717, 1.165) is 12.0 Å². The van der Waals surface area contributed by atoms with Gasteiger partial charge in [-0.25, -0.2) is 0 Å². The lowest BCUT2D eigenvalue weighted by Gasteiger charge is -2.37. The van der Waals surface area contributed by atoms with Crippen LogP contribution in [0, 0.1) is 10.8 Å². The molecule has 0 radical (unpaired) electrons. The zero-order valence-electron chi connectivity index (χ0n) is 12.1. The van der Waals surface area contributed by atoms with Crippen LogP contribution in [0.5, 0.6) is 0 Å². The first kappa shape index (κ1) is 14.7. The van der Waals surface area contributed by atoms with Crippen LogP contribution < -0.4 is 5.32 Å². The van der Waals surface area contributed by atoms with Crippen LogP contribution in [0.25, 0.3) is 0 Å². The second-order valence-electron chi connectivity index (χ2n) is 6.24. The molecule has 3 nitrogen and oxygen atoms in total. The van der Waals surface area contributed by atoms with E-state index >= 15 is 0 Å². The highest BCUT2D eigenvalue weighted by atomic mass is 16.2. The average Bonchev–Trinajstić information content (AvgIpc) is 2.28. The Balaban J connectivity index is 2.48. The number of rotatable bonds is 4. The van der Waals surface area contributed by atoms with Crippen LogP contribution >= 0.6 is 0 Å². The van der Waals surface area contributed by atoms with Gasteiger partial charge in [0.25, 0.3) is 0 Å². The molecule has 0 unspecified atom stereocenters. The van der Waals surface area contributed by atoms with Gasteiger partial charge >= 0.3 is 0 Å². The number of nitrogens with zero attached hydrogens (tertiary/aromatic N) is 1. The Bertz CT molecular complexity index is 391. The van der Waals surface area contributed by atoms with Crippen molar-refractivity contribution in [3.63, 3.8) is 0 Å². The minimum Gasteiger partial charge on any atom is -0.355 e. The summed E-state index contributed by atoms with van der Waals surface area (Å²) in [6, 6.07) is 3.93. The van der Waals surface area contributed by atoms with E-state index in [1.54, 1.807) is 6.20 Å². The summed E-state index contributed by atoms with van der Waals surface area (Å²) in [7, 11) is 0. The number of amides is 1. The number of carbonyl (C=O) groups is 1. The van der Waals surface area contributed by atoms with Crippen LogP contribution in [0.1, 0.15) is 40.2 Å². The fourth-order valence-corrected chi connectivity index (χ4v) is 1.43. The molecule has 1 amide bonds. The van der Waals surface area contributed by atoms with E-state index in [1.165, 1.54) is 0 Å². The van der Waals surface area contributed by atoms with Crippen LogP contribution in [0.3, 0.4) is 0 Å². The molecule has 0 aliphatic rings. The van der Waals surface area contributed by atoms with E-state index in [1.807, 2.05) is 32.2 Å². The van der Waals surface area contributed by atoms with Crippen LogP contribution in [0.15, 0.2) is 24.5 Å². The fraction of sp³-hybridized carbons (Fsp3) is 0.600. The molecule has 0 atom stereocenters. The fourth-order valence-electron chi connectivity index (χ4n) is 1.43. The number of carbonyl (C=O) groups excluding carboxylic acids is 1. The predicted molar refractivity (Wildman–Crippen MR) is 74.2 cm³/mol. The van der Waals surface area contributed by atoms with E-state index in [4.69, 9.17) is 0 Å². The van der Waals surface area contributed by atoms with Crippen LogP contribution in [-0.4, -0.2) is 17.4 Å². The first-order valence-corrected chi connectivity index (χ1v) is 6.42. The number of pyridine rings is 1. The minimum absolute atomic E-state index is 0.0502. The number of hydrogen-bond donors (Lipinski definition) is 1. The van der Waals surface area contributed by atoms with Crippen molar-refractivity contribution in [1.29, 1.82) is 0 Å². The largest absolute Gasteiger partial charge is 0.355 e. The van der Waals surface area contributed by atoms with Crippen molar-refractivity contribution in [1.82, 2.24) is 10.3 Å². The van der Waals surface area contributed by atoms with Gasteiger partial charge in [-0.2, -0.15) is 0 Å². The normalized spacial score (nSPS) is 12.3. The van der Waals surface area contributed by atoms with E-state index < -0.39 is 0 Å². The first-order chi connectivity index (χ1) is 8.25. The molecule has 100 valence electrons. The number of aromatic nitrogens is 1. The van der Waals surface area contributed by atoms with Gasteiger partial charge in [0.15, 0.2) is 0 Å². The topological polar surface area (TPSA) is 42.0 Å². The molecule has 0 fully saturated rings. The van der Waals surface area contributed by atoms with E-state index in [0.29, 0.717) is 6.54 Å². The molecule has 0 saturated heterocycles. The van der Waals surface area contributed by atoms with Crippen molar-refractivity contribution in [3.05, 3.63) is 30.1 Å². The van der Waals surface area contributed by atoms with Crippen LogP contribution in [0.4, 0.5) is 0 Å². The van der Waals surface area contributed by atoms with Crippen molar-refractivity contribution in [3.8, 4) is 0 Å². The summed E-state index contributed by atoms with van der Waals surface area (Å²) in [5.74, 6) is 0.110. The summed E-state index contributed by atoms with van der Waals surface area (Å²) in [6.45, 7) is 10.9. The molecule has 1 rings (SSSR count). The summed E-state index contributed by atoms with van der Waals surface area (Å²) in [6.07, 6.45) is 4.41. The van der Waals surface area contributed by atoms with Crippen molar-refractivity contribution in [2.24, 2.45) is 10.8 Å². The maximum atomic E-state index is 12.2. The van der Waals surface area contributed by atoms with Gasteiger partial charge in [-0.05, 0) is 23.5 Å². The van der Waals surface area contributed by atoms with Gasteiger partial charge in [-0.3, -0.25) is 9.78 Å². The summed E-state index contributed by atoms with van der Waals surface area (Å²) in [5.41, 5.74) is 0.721. The van der Waals surface area contributed by atoms with Crippen molar-refractivity contribution in [2.75, 3.05) is 6.54 Å².